The number of rotatable bonds is 14. The van der Waals surface area contributed by atoms with Crippen LogP contribution in [0.25, 0.3) is 0 Å². The molecule has 0 bridgehead atoms. The van der Waals surface area contributed by atoms with Crippen LogP contribution in [0.15, 0.2) is 0 Å². The van der Waals surface area contributed by atoms with Crippen LogP contribution in [-0.4, -0.2) is 54.5 Å². The van der Waals surface area contributed by atoms with Gasteiger partial charge in [0.1, 0.15) is 6.10 Å². The minimum Gasteiger partial charge on any atom is -0.379 e. The number of ether oxygens (including phenoxy) is 2. The molecule has 0 spiro atoms. The summed E-state index contributed by atoms with van der Waals surface area (Å²) in [5.41, 5.74) is 0. The SMILES string of the molecule is CCCO[Si](CCCCOCC1CO1)(OCC)OCC. The summed E-state index contributed by atoms with van der Waals surface area (Å²) in [6.07, 6.45) is 3.36. The average molecular weight is 306 g/mol. The van der Waals surface area contributed by atoms with Crippen molar-refractivity contribution >= 4 is 8.80 Å². The molecule has 1 unspecified atom stereocenters. The van der Waals surface area contributed by atoms with Crippen molar-refractivity contribution in [3.63, 3.8) is 0 Å². The highest BCUT2D eigenvalue weighted by Gasteiger charge is 2.39. The van der Waals surface area contributed by atoms with Gasteiger partial charge < -0.3 is 22.8 Å². The largest absolute Gasteiger partial charge is 0.500 e. The zero-order chi connectivity index (χ0) is 14.7. The average Bonchev–Trinajstić information content (AvgIpc) is 3.25. The van der Waals surface area contributed by atoms with Crippen LogP contribution in [0.4, 0.5) is 0 Å². The molecule has 1 aliphatic rings. The molecule has 1 rings (SSSR count). The second kappa shape index (κ2) is 10.7. The molecule has 0 N–H and O–H groups in total. The molecule has 0 aromatic heterocycles. The first-order valence-corrected chi connectivity index (χ1v) is 9.80. The molecule has 0 aromatic carbocycles. The monoisotopic (exact) mass is 306 g/mol. The van der Waals surface area contributed by atoms with Gasteiger partial charge >= 0.3 is 8.80 Å². The summed E-state index contributed by atoms with van der Waals surface area (Å²) >= 11 is 0. The highest BCUT2D eigenvalue weighted by Crippen LogP contribution is 2.20. The predicted octanol–water partition coefficient (Wildman–Crippen LogP) is 2.62. The van der Waals surface area contributed by atoms with Gasteiger partial charge in [0.25, 0.3) is 0 Å². The zero-order valence-electron chi connectivity index (χ0n) is 13.2. The Hall–Kier alpha value is 0.0169. The topological polar surface area (TPSA) is 49.5 Å². The fourth-order valence-corrected chi connectivity index (χ4v) is 4.72. The van der Waals surface area contributed by atoms with Crippen LogP contribution in [0.5, 0.6) is 0 Å². The highest BCUT2D eigenvalue weighted by atomic mass is 28.4. The van der Waals surface area contributed by atoms with E-state index >= 15 is 0 Å². The van der Waals surface area contributed by atoms with E-state index in [0.717, 1.165) is 45.1 Å². The first-order valence-electron chi connectivity index (χ1n) is 7.87. The van der Waals surface area contributed by atoms with E-state index in [2.05, 4.69) is 6.92 Å². The van der Waals surface area contributed by atoms with Gasteiger partial charge in [-0.05, 0) is 33.1 Å². The standard InChI is InChI=1S/C14H30O5Si/c1-4-9-19-20(17-5-2,18-6-3)11-8-7-10-15-12-14-13-16-14/h14H,4-13H2,1-3H3. The molecule has 1 fully saturated rings. The van der Waals surface area contributed by atoms with Gasteiger partial charge in [0, 0.05) is 32.5 Å². The molecule has 0 amide bonds. The molecule has 120 valence electrons. The first-order chi connectivity index (χ1) is 9.76. The van der Waals surface area contributed by atoms with Crippen LogP contribution < -0.4 is 0 Å². The van der Waals surface area contributed by atoms with E-state index in [4.69, 9.17) is 22.8 Å². The molecular weight excluding hydrogens is 276 g/mol. The molecule has 0 aromatic rings. The lowest BCUT2D eigenvalue weighted by Gasteiger charge is -2.28. The number of hydrogen-bond acceptors (Lipinski definition) is 5. The van der Waals surface area contributed by atoms with Crippen molar-refractivity contribution in [3.8, 4) is 0 Å². The fourth-order valence-electron chi connectivity index (χ4n) is 1.96. The molecule has 5 nitrogen and oxygen atoms in total. The minimum atomic E-state index is -2.47. The molecule has 20 heavy (non-hydrogen) atoms. The van der Waals surface area contributed by atoms with Crippen molar-refractivity contribution in [3.05, 3.63) is 0 Å². The van der Waals surface area contributed by atoms with Crippen molar-refractivity contribution in [1.29, 1.82) is 0 Å². The Morgan fingerprint density at radius 3 is 2.25 bits per heavy atom. The number of epoxide rings is 1. The van der Waals surface area contributed by atoms with E-state index < -0.39 is 8.80 Å². The van der Waals surface area contributed by atoms with E-state index in [-0.39, 0.29) is 0 Å². The minimum absolute atomic E-state index is 0.350. The van der Waals surface area contributed by atoms with Gasteiger partial charge in [-0.3, -0.25) is 0 Å². The van der Waals surface area contributed by atoms with Crippen LogP contribution in [0, 0.1) is 0 Å². The number of hydrogen-bond donors (Lipinski definition) is 0. The molecule has 6 heteroatoms. The second-order valence-electron chi connectivity index (χ2n) is 4.88. The van der Waals surface area contributed by atoms with E-state index in [9.17, 15) is 0 Å². The Bertz CT molecular complexity index is 230. The summed E-state index contributed by atoms with van der Waals surface area (Å²) in [4.78, 5) is 0. The summed E-state index contributed by atoms with van der Waals surface area (Å²) < 4.78 is 28.3. The van der Waals surface area contributed by atoms with Gasteiger partial charge in [0.15, 0.2) is 0 Å². The fraction of sp³-hybridized carbons (Fsp3) is 1.00. The van der Waals surface area contributed by atoms with Gasteiger partial charge in [0.2, 0.25) is 0 Å². The maximum Gasteiger partial charge on any atom is 0.500 e. The Morgan fingerprint density at radius 1 is 1.00 bits per heavy atom. The lowest BCUT2D eigenvalue weighted by atomic mass is 10.3. The van der Waals surface area contributed by atoms with Crippen molar-refractivity contribution in [2.45, 2.75) is 52.2 Å². The van der Waals surface area contributed by atoms with Gasteiger partial charge in [-0.15, -0.1) is 0 Å². The lowest BCUT2D eigenvalue weighted by Crippen LogP contribution is -2.46. The molecule has 0 saturated carbocycles. The Kier molecular flexibility index (Phi) is 9.67. The third kappa shape index (κ3) is 7.71. The normalized spacial score (nSPS) is 18.4. The summed E-state index contributed by atoms with van der Waals surface area (Å²) in [5, 5.41) is 0. The zero-order valence-corrected chi connectivity index (χ0v) is 14.2. The van der Waals surface area contributed by atoms with Gasteiger partial charge in [-0.1, -0.05) is 6.92 Å². The molecule has 0 aliphatic carbocycles. The second-order valence-corrected chi connectivity index (χ2v) is 7.62. The van der Waals surface area contributed by atoms with Crippen LogP contribution in [0.2, 0.25) is 6.04 Å². The van der Waals surface area contributed by atoms with Crippen LogP contribution in [0.3, 0.4) is 0 Å². The Balaban J connectivity index is 2.21. The van der Waals surface area contributed by atoms with E-state index in [1.807, 2.05) is 13.8 Å². The first kappa shape index (κ1) is 18.1. The Labute approximate surface area is 124 Å². The molecule has 1 atom stereocenters. The summed E-state index contributed by atoms with van der Waals surface area (Å²) in [7, 11) is -2.47. The van der Waals surface area contributed by atoms with E-state index in [1.165, 1.54) is 0 Å². The van der Waals surface area contributed by atoms with Gasteiger partial charge in [-0.25, -0.2) is 0 Å². The summed E-state index contributed by atoms with van der Waals surface area (Å²) in [5.74, 6) is 0. The van der Waals surface area contributed by atoms with Gasteiger partial charge in [-0.2, -0.15) is 0 Å². The third-order valence-electron chi connectivity index (χ3n) is 2.98. The van der Waals surface area contributed by atoms with Crippen molar-refractivity contribution in [2.24, 2.45) is 0 Å². The van der Waals surface area contributed by atoms with Crippen molar-refractivity contribution in [1.82, 2.24) is 0 Å². The summed E-state index contributed by atoms with van der Waals surface area (Å²) in [6.45, 7) is 10.4. The maximum atomic E-state index is 5.95. The van der Waals surface area contributed by atoms with E-state index in [1.54, 1.807) is 0 Å². The molecular formula is C14H30O5Si. The van der Waals surface area contributed by atoms with Crippen LogP contribution in [0.1, 0.15) is 40.0 Å². The summed E-state index contributed by atoms with van der Waals surface area (Å²) in [6, 6.07) is 0.873. The smallest absolute Gasteiger partial charge is 0.379 e. The molecule has 1 heterocycles. The number of unbranched alkanes of at least 4 members (excludes halogenated alkanes) is 1. The van der Waals surface area contributed by atoms with Crippen LogP contribution in [-0.2, 0) is 22.8 Å². The Morgan fingerprint density at radius 2 is 1.70 bits per heavy atom. The van der Waals surface area contributed by atoms with Gasteiger partial charge in [0.05, 0.1) is 13.2 Å². The quantitative estimate of drug-likeness (QED) is 0.280. The van der Waals surface area contributed by atoms with Crippen molar-refractivity contribution in [2.75, 3.05) is 39.6 Å². The molecule has 1 aliphatic heterocycles. The highest BCUT2D eigenvalue weighted by molar-refractivity contribution is 6.60. The molecule has 1 saturated heterocycles. The molecule has 0 radical (unpaired) electrons. The third-order valence-corrected chi connectivity index (χ3v) is 6.05. The van der Waals surface area contributed by atoms with Crippen molar-refractivity contribution < 1.29 is 22.8 Å². The van der Waals surface area contributed by atoms with E-state index in [0.29, 0.717) is 25.9 Å². The lowest BCUT2D eigenvalue weighted by molar-refractivity contribution is 0.0649. The van der Waals surface area contributed by atoms with Crippen LogP contribution >= 0.6 is 0 Å². The predicted molar refractivity (Wildman–Crippen MR) is 79.8 cm³/mol. The maximum absolute atomic E-state index is 5.95.